The molecule has 0 aromatic heterocycles. The van der Waals surface area contributed by atoms with Crippen LogP contribution in [-0.4, -0.2) is 38.0 Å². The SMILES string of the molecule is C1CC2(CCN1)C[C@@H](OCC1CC1)CO2. The van der Waals surface area contributed by atoms with E-state index in [0.29, 0.717) is 6.10 Å². The molecule has 1 spiro atoms. The molecule has 0 bridgehead atoms. The van der Waals surface area contributed by atoms with E-state index < -0.39 is 0 Å². The molecule has 1 aliphatic carbocycles. The molecule has 0 amide bonds. The predicted molar refractivity (Wildman–Crippen MR) is 57.9 cm³/mol. The average molecular weight is 211 g/mol. The molecule has 0 aromatic carbocycles. The summed E-state index contributed by atoms with van der Waals surface area (Å²) in [4.78, 5) is 0. The van der Waals surface area contributed by atoms with Crippen molar-refractivity contribution in [3.05, 3.63) is 0 Å². The van der Waals surface area contributed by atoms with E-state index >= 15 is 0 Å². The molecule has 2 aliphatic heterocycles. The Morgan fingerprint density at radius 3 is 2.80 bits per heavy atom. The molecule has 3 aliphatic rings. The fraction of sp³-hybridized carbons (Fsp3) is 1.00. The highest BCUT2D eigenvalue weighted by molar-refractivity contribution is 4.93. The third kappa shape index (κ3) is 2.35. The zero-order chi connectivity index (χ0) is 10.1. The van der Waals surface area contributed by atoms with E-state index in [1.807, 2.05) is 0 Å². The molecule has 3 rings (SSSR count). The van der Waals surface area contributed by atoms with Crippen molar-refractivity contribution in [3.8, 4) is 0 Å². The lowest BCUT2D eigenvalue weighted by atomic mass is 9.89. The van der Waals surface area contributed by atoms with E-state index in [9.17, 15) is 0 Å². The number of nitrogens with one attached hydrogen (secondary N) is 1. The largest absolute Gasteiger partial charge is 0.375 e. The lowest BCUT2D eigenvalue weighted by Gasteiger charge is -2.32. The summed E-state index contributed by atoms with van der Waals surface area (Å²) < 4.78 is 11.9. The van der Waals surface area contributed by atoms with Gasteiger partial charge in [-0.25, -0.2) is 0 Å². The molecule has 0 unspecified atom stereocenters. The van der Waals surface area contributed by atoms with Crippen LogP contribution in [0.1, 0.15) is 32.1 Å². The molecule has 0 aromatic rings. The molecule has 3 fully saturated rings. The summed E-state index contributed by atoms with van der Waals surface area (Å²) in [6.07, 6.45) is 6.59. The molecule has 0 radical (unpaired) electrons. The maximum absolute atomic E-state index is 5.98. The van der Waals surface area contributed by atoms with E-state index in [1.165, 1.54) is 12.8 Å². The van der Waals surface area contributed by atoms with Crippen LogP contribution in [0.25, 0.3) is 0 Å². The first-order chi connectivity index (χ1) is 7.36. The van der Waals surface area contributed by atoms with E-state index in [0.717, 1.165) is 51.5 Å². The van der Waals surface area contributed by atoms with Crippen molar-refractivity contribution in [3.63, 3.8) is 0 Å². The Morgan fingerprint density at radius 2 is 2.07 bits per heavy atom. The van der Waals surface area contributed by atoms with Crippen LogP contribution in [0.2, 0.25) is 0 Å². The fourth-order valence-corrected chi connectivity index (χ4v) is 2.70. The van der Waals surface area contributed by atoms with Gasteiger partial charge in [0.2, 0.25) is 0 Å². The highest BCUT2D eigenvalue weighted by atomic mass is 16.6. The molecule has 1 atom stereocenters. The first kappa shape index (κ1) is 10.1. The summed E-state index contributed by atoms with van der Waals surface area (Å²) in [7, 11) is 0. The van der Waals surface area contributed by atoms with Gasteiger partial charge in [-0.15, -0.1) is 0 Å². The van der Waals surface area contributed by atoms with E-state index in [1.54, 1.807) is 0 Å². The lowest BCUT2D eigenvalue weighted by molar-refractivity contribution is -0.0236. The third-order valence-corrected chi connectivity index (χ3v) is 3.95. The molecule has 15 heavy (non-hydrogen) atoms. The number of hydrogen-bond acceptors (Lipinski definition) is 3. The Kier molecular flexibility index (Phi) is 2.71. The van der Waals surface area contributed by atoms with Gasteiger partial charge in [0, 0.05) is 13.0 Å². The third-order valence-electron chi connectivity index (χ3n) is 3.95. The molecular weight excluding hydrogens is 190 g/mol. The Hall–Kier alpha value is -0.120. The van der Waals surface area contributed by atoms with Crippen LogP contribution >= 0.6 is 0 Å². The number of piperidine rings is 1. The topological polar surface area (TPSA) is 30.5 Å². The van der Waals surface area contributed by atoms with E-state index in [-0.39, 0.29) is 5.60 Å². The zero-order valence-electron chi connectivity index (χ0n) is 9.34. The van der Waals surface area contributed by atoms with Gasteiger partial charge in [-0.05, 0) is 44.7 Å². The van der Waals surface area contributed by atoms with Gasteiger partial charge in [0.25, 0.3) is 0 Å². The predicted octanol–water partition coefficient (Wildman–Crippen LogP) is 1.32. The van der Waals surface area contributed by atoms with Crippen molar-refractivity contribution in [2.45, 2.75) is 43.8 Å². The summed E-state index contributed by atoms with van der Waals surface area (Å²) in [5, 5.41) is 3.39. The van der Waals surface area contributed by atoms with Crippen LogP contribution in [0.15, 0.2) is 0 Å². The minimum Gasteiger partial charge on any atom is -0.375 e. The van der Waals surface area contributed by atoms with Crippen molar-refractivity contribution in [1.29, 1.82) is 0 Å². The smallest absolute Gasteiger partial charge is 0.0836 e. The van der Waals surface area contributed by atoms with E-state index in [4.69, 9.17) is 9.47 Å². The van der Waals surface area contributed by atoms with Gasteiger partial charge in [-0.3, -0.25) is 0 Å². The van der Waals surface area contributed by atoms with Crippen LogP contribution in [0.5, 0.6) is 0 Å². The molecule has 2 heterocycles. The van der Waals surface area contributed by atoms with Crippen LogP contribution in [0, 0.1) is 5.92 Å². The maximum atomic E-state index is 5.98. The van der Waals surface area contributed by atoms with Crippen molar-refractivity contribution < 1.29 is 9.47 Å². The minimum absolute atomic E-state index is 0.166. The van der Waals surface area contributed by atoms with Crippen LogP contribution < -0.4 is 5.32 Å². The highest BCUT2D eigenvalue weighted by Gasteiger charge is 2.41. The summed E-state index contributed by atoms with van der Waals surface area (Å²) in [6.45, 7) is 4.01. The normalized spacial score (nSPS) is 34.8. The van der Waals surface area contributed by atoms with Gasteiger partial charge < -0.3 is 14.8 Å². The standard InChI is InChI=1S/C12H21NO2/c1-2-10(1)8-14-11-7-12(15-9-11)3-5-13-6-4-12/h10-11,13H,1-9H2/t11-/m1/s1. The second kappa shape index (κ2) is 4.04. The van der Waals surface area contributed by atoms with Crippen molar-refractivity contribution >= 4 is 0 Å². The van der Waals surface area contributed by atoms with Gasteiger partial charge in [-0.2, -0.15) is 0 Å². The van der Waals surface area contributed by atoms with Crippen molar-refractivity contribution in [2.75, 3.05) is 26.3 Å². The Bertz CT molecular complexity index is 222. The van der Waals surface area contributed by atoms with E-state index in [2.05, 4.69) is 5.32 Å². The maximum Gasteiger partial charge on any atom is 0.0836 e. The average Bonchev–Trinajstić information content (AvgIpc) is 3.02. The second-order valence-electron chi connectivity index (χ2n) is 5.35. The lowest BCUT2D eigenvalue weighted by Crippen LogP contribution is -2.41. The molecule has 1 saturated carbocycles. The summed E-state index contributed by atoms with van der Waals surface area (Å²) >= 11 is 0. The first-order valence-corrected chi connectivity index (χ1v) is 6.33. The van der Waals surface area contributed by atoms with Crippen LogP contribution in [0.4, 0.5) is 0 Å². The van der Waals surface area contributed by atoms with Crippen molar-refractivity contribution in [1.82, 2.24) is 5.32 Å². The number of ether oxygens (including phenoxy) is 2. The van der Waals surface area contributed by atoms with Gasteiger partial charge in [0.1, 0.15) is 0 Å². The monoisotopic (exact) mass is 211 g/mol. The number of rotatable bonds is 3. The summed E-state index contributed by atoms with van der Waals surface area (Å²) in [5.41, 5.74) is 0.166. The van der Waals surface area contributed by atoms with Gasteiger partial charge >= 0.3 is 0 Å². The zero-order valence-corrected chi connectivity index (χ0v) is 9.34. The Morgan fingerprint density at radius 1 is 1.27 bits per heavy atom. The van der Waals surface area contributed by atoms with Gasteiger partial charge in [0.05, 0.1) is 18.3 Å². The summed E-state index contributed by atoms with van der Waals surface area (Å²) in [6, 6.07) is 0. The second-order valence-corrected chi connectivity index (χ2v) is 5.35. The molecular formula is C12H21NO2. The Labute approximate surface area is 91.5 Å². The molecule has 2 saturated heterocycles. The molecule has 86 valence electrons. The van der Waals surface area contributed by atoms with Crippen LogP contribution in [-0.2, 0) is 9.47 Å². The first-order valence-electron chi connectivity index (χ1n) is 6.33. The number of hydrogen-bond donors (Lipinski definition) is 1. The minimum atomic E-state index is 0.166. The summed E-state index contributed by atoms with van der Waals surface area (Å²) in [5.74, 6) is 0.870. The van der Waals surface area contributed by atoms with Crippen molar-refractivity contribution in [2.24, 2.45) is 5.92 Å². The molecule has 3 nitrogen and oxygen atoms in total. The molecule has 3 heteroatoms. The van der Waals surface area contributed by atoms with Crippen LogP contribution in [0.3, 0.4) is 0 Å². The Balaban J connectivity index is 1.47. The fourth-order valence-electron chi connectivity index (χ4n) is 2.70. The molecule has 1 N–H and O–H groups in total. The van der Waals surface area contributed by atoms with Gasteiger partial charge in [0.15, 0.2) is 0 Å². The quantitative estimate of drug-likeness (QED) is 0.764. The van der Waals surface area contributed by atoms with Gasteiger partial charge in [-0.1, -0.05) is 0 Å². The highest BCUT2D eigenvalue weighted by Crippen LogP contribution is 2.36.